The number of ether oxygens (including phenoxy) is 1. The minimum Gasteiger partial charge on any atom is -0.494 e. The van der Waals surface area contributed by atoms with E-state index >= 15 is 0 Å². The number of nitrogens with zero attached hydrogens (tertiary/aromatic N) is 2. The first-order valence-electron chi connectivity index (χ1n) is 9.69. The molecule has 0 spiro atoms. The summed E-state index contributed by atoms with van der Waals surface area (Å²) in [5.74, 6) is 2.20. The summed E-state index contributed by atoms with van der Waals surface area (Å²) < 4.78 is 10.9. The second-order valence-electron chi connectivity index (χ2n) is 7.09. The summed E-state index contributed by atoms with van der Waals surface area (Å²) >= 11 is 0. The maximum absolute atomic E-state index is 12.0. The molecule has 152 valence electrons. The minimum absolute atomic E-state index is 0.208. The van der Waals surface area contributed by atoms with Crippen molar-refractivity contribution in [3.05, 3.63) is 59.9 Å². The molecule has 2 N–H and O–H groups in total. The summed E-state index contributed by atoms with van der Waals surface area (Å²) in [6.07, 6.45) is 0.718. The number of hydrogen-bond acceptors (Lipinski definition) is 5. The molecule has 0 radical (unpaired) electrons. The van der Waals surface area contributed by atoms with Gasteiger partial charge in [-0.2, -0.15) is 4.98 Å². The van der Waals surface area contributed by atoms with Crippen molar-refractivity contribution in [1.82, 2.24) is 15.5 Å². The zero-order valence-electron chi connectivity index (χ0n) is 16.9. The Bertz CT molecular complexity index is 935. The van der Waals surface area contributed by atoms with E-state index in [1.165, 1.54) is 0 Å². The van der Waals surface area contributed by atoms with Gasteiger partial charge in [-0.1, -0.05) is 31.1 Å². The highest BCUT2D eigenvalue weighted by molar-refractivity contribution is 5.89. The molecule has 0 unspecified atom stereocenters. The van der Waals surface area contributed by atoms with Gasteiger partial charge in [0.1, 0.15) is 5.75 Å². The van der Waals surface area contributed by atoms with Gasteiger partial charge in [-0.3, -0.25) is 0 Å². The zero-order valence-corrected chi connectivity index (χ0v) is 16.9. The highest BCUT2D eigenvalue weighted by Gasteiger charge is 2.11. The van der Waals surface area contributed by atoms with E-state index in [1.54, 1.807) is 12.1 Å². The van der Waals surface area contributed by atoms with Gasteiger partial charge in [0.2, 0.25) is 0 Å². The van der Waals surface area contributed by atoms with Crippen LogP contribution in [0.15, 0.2) is 53.1 Å². The maximum atomic E-state index is 12.0. The Labute approximate surface area is 170 Å². The third-order valence-corrected chi connectivity index (χ3v) is 4.21. The minimum atomic E-state index is -0.256. The molecule has 0 aliphatic carbocycles. The van der Waals surface area contributed by atoms with Crippen LogP contribution in [0.5, 0.6) is 5.75 Å². The Kier molecular flexibility index (Phi) is 6.84. The van der Waals surface area contributed by atoms with Crippen molar-refractivity contribution >= 4 is 11.7 Å². The van der Waals surface area contributed by atoms with Crippen LogP contribution in [-0.4, -0.2) is 29.3 Å². The Morgan fingerprint density at radius 1 is 1.17 bits per heavy atom. The van der Waals surface area contributed by atoms with Crippen LogP contribution < -0.4 is 15.4 Å². The Morgan fingerprint density at radius 2 is 1.97 bits per heavy atom. The zero-order chi connectivity index (χ0) is 20.6. The lowest BCUT2D eigenvalue weighted by molar-refractivity contribution is 0.250. The van der Waals surface area contributed by atoms with Crippen LogP contribution in [0.25, 0.3) is 11.5 Å². The molecule has 3 aromatic rings. The highest BCUT2D eigenvalue weighted by Crippen LogP contribution is 2.21. The smallest absolute Gasteiger partial charge is 0.319 e. The van der Waals surface area contributed by atoms with Crippen LogP contribution in [0.3, 0.4) is 0 Å². The quantitative estimate of drug-likeness (QED) is 0.538. The van der Waals surface area contributed by atoms with Gasteiger partial charge in [0.15, 0.2) is 5.82 Å². The standard InChI is InChI=1S/C22H26N4O3/c1-15(2)20-25-21(29-26-20)17-8-10-18(11-9-17)24-22(27)23-12-5-13-28-19-7-4-6-16(3)14-19/h4,6-11,14-15H,5,12-13H2,1-3H3,(H2,23,24,27). The molecule has 0 atom stereocenters. The van der Waals surface area contributed by atoms with Crippen LogP contribution in [0.4, 0.5) is 10.5 Å². The van der Waals surface area contributed by atoms with E-state index in [1.807, 2.05) is 57.2 Å². The molecule has 0 bridgehead atoms. The third kappa shape index (κ3) is 6.07. The van der Waals surface area contributed by atoms with Crippen LogP contribution in [0.2, 0.25) is 0 Å². The summed E-state index contributed by atoms with van der Waals surface area (Å²) in [6.45, 7) is 7.11. The van der Waals surface area contributed by atoms with Gasteiger partial charge in [-0.05, 0) is 55.3 Å². The van der Waals surface area contributed by atoms with Crippen molar-refractivity contribution in [3.63, 3.8) is 0 Å². The van der Waals surface area contributed by atoms with Crippen LogP contribution in [0, 0.1) is 6.92 Å². The topological polar surface area (TPSA) is 89.3 Å². The number of benzene rings is 2. The van der Waals surface area contributed by atoms with Gasteiger partial charge < -0.3 is 19.9 Å². The predicted molar refractivity (Wildman–Crippen MR) is 112 cm³/mol. The molecular formula is C22H26N4O3. The summed E-state index contributed by atoms with van der Waals surface area (Å²) in [7, 11) is 0. The van der Waals surface area contributed by atoms with E-state index in [0.29, 0.717) is 30.6 Å². The van der Waals surface area contributed by atoms with Gasteiger partial charge in [-0.25, -0.2) is 4.79 Å². The number of amides is 2. The molecule has 1 aromatic heterocycles. The molecule has 0 fully saturated rings. The molecule has 1 heterocycles. The van der Waals surface area contributed by atoms with E-state index < -0.39 is 0 Å². The van der Waals surface area contributed by atoms with Gasteiger partial charge >= 0.3 is 6.03 Å². The summed E-state index contributed by atoms with van der Waals surface area (Å²) in [5, 5.41) is 9.58. The van der Waals surface area contributed by atoms with Crippen molar-refractivity contribution in [2.24, 2.45) is 0 Å². The Balaban J connectivity index is 1.40. The number of aromatic nitrogens is 2. The number of carbonyl (C=O) groups excluding carboxylic acids is 1. The number of anilines is 1. The van der Waals surface area contributed by atoms with E-state index in [0.717, 1.165) is 23.3 Å². The second kappa shape index (κ2) is 9.73. The highest BCUT2D eigenvalue weighted by atomic mass is 16.5. The lowest BCUT2D eigenvalue weighted by atomic mass is 10.2. The number of carbonyl (C=O) groups is 1. The number of urea groups is 1. The van der Waals surface area contributed by atoms with Crippen molar-refractivity contribution in [2.45, 2.75) is 33.1 Å². The van der Waals surface area contributed by atoms with Gasteiger partial charge in [0.25, 0.3) is 5.89 Å². The molecular weight excluding hydrogens is 368 g/mol. The van der Waals surface area contributed by atoms with Crippen LogP contribution in [-0.2, 0) is 0 Å². The number of aryl methyl sites for hydroxylation is 1. The fraction of sp³-hybridized carbons (Fsp3) is 0.318. The molecule has 0 saturated carbocycles. The van der Waals surface area contributed by atoms with E-state index in [2.05, 4.69) is 20.8 Å². The van der Waals surface area contributed by atoms with Gasteiger partial charge in [0, 0.05) is 23.7 Å². The molecule has 29 heavy (non-hydrogen) atoms. The largest absolute Gasteiger partial charge is 0.494 e. The summed E-state index contributed by atoms with van der Waals surface area (Å²) in [4.78, 5) is 16.4. The first-order chi connectivity index (χ1) is 14.0. The molecule has 2 amide bonds. The summed E-state index contributed by atoms with van der Waals surface area (Å²) in [6, 6.07) is 14.9. The van der Waals surface area contributed by atoms with E-state index in [9.17, 15) is 4.79 Å². The maximum Gasteiger partial charge on any atom is 0.319 e. The normalized spacial score (nSPS) is 10.8. The Morgan fingerprint density at radius 3 is 2.66 bits per heavy atom. The van der Waals surface area contributed by atoms with Crippen molar-refractivity contribution in [2.75, 3.05) is 18.5 Å². The lowest BCUT2D eigenvalue weighted by Gasteiger charge is -2.09. The average Bonchev–Trinajstić information content (AvgIpc) is 3.19. The number of rotatable bonds is 8. The third-order valence-electron chi connectivity index (χ3n) is 4.21. The van der Waals surface area contributed by atoms with Crippen LogP contribution >= 0.6 is 0 Å². The molecule has 7 heteroatoms. The van der Waals surface area contributed by atoms with Crippen molar-refractivity contribution < 1.29 is 14.1 Å². The van der Waals surface area contributed by atoms with E-state index in [-0.39, 0.29) is 11.9 Å². The summed E-state index contributed by atoms with van der Waals surface area (Å²) in [5.41, 5.74) is 2.65. The Hall–Kier alpha value is -3.35. The molecule has 3 rings (SSSR count). The number of nitrogens with one attached hydrogen (secondary N) is 2. The first kappa shape index (κ1) is 20.4. The SMILES string of the molecule is Cc1cccc(OCCCNC(=O)Nc2ccc(-c3nc(C(C)C)no3)cc2)c1. The fourth-order valence-electron chi connectivity index (χ4n) is 2.63. The molecule has 7 nitrogen and oxygen atoms in total. The first-order valence-corrected chi connectivity index (χ1v) is 9.69. The lowest BCUT2D eigenvalue weighted by Crippen LogP contribution is -2.30. The molecule has 2 aromatic carbocycles. The predicted octanol–water partition coefficient (Wildman–Crippen LogP) is 4.76. The van der Waals surface area contributed by atoms with Crippen molar-refractivity contribution in [3.8, 4) is 17.2 Å². The average molecular weight is 394 g/mol. The molecule has 0 saturated heterocycles. The molecule has 0 aliphatic heterocycles. The van der Waals surface area contributed by atoms with Gasteiger partial charge in [-0.15, -0.1) is 0 Å². The van der Waals surface area contributed by atoms with Crippen LogP contribution in [0.1, 0.15) is 37.6 Å². The number of hydrogen-bond donors (Lipinski definition) is 2. The van der Waals surface area contributed by atoms with Crippen molar-refractivity contribution in [1.29, 1.82) is 0 Å². The fourth-order valence-corrected chi connectivity index (χ4v) is 2.63. The van der Waals surface area contributed by atoms with E-state index in [4.69, 9.17) is 9.26 Å². The molecule has 0 aliphatic rings. The second-order valence-corrected chi connectivity index (χ2v) is 7.09. The van der Waals surface area contributed by atoms with Gasteiger partial charge in [0.05, 0.1) is 6.61 Å². The monoisotopic (exact) mass is 394 g/mol.